The Hall–Kier alpha value is -4.07. The van der Waals surface area contributed by atoms with Gasteiger partial charge in [0, 0.05) is 24.1 Å². The molecule has 0 saturated carbocycles. The quantitative estimate of drug-likeness (QED) is 0.410. The molecule has 1 amide bonds. The van der Waals surface area contributed by atoms with Gasteiger partial charge in [0.15, 0.2) is 11.5 Å². The minimum Gasteiger partial charge on any atom is -0.496 e. The van der Waals surface area contributed by atoms with Crippen LogP contribution in [0.25, 0.3) is 10.8 Å². The van der Waals surface area contributed by atoms with Gasteiger partial charge in [-0.3, -0.25) is 9.80 Å². The number of amides is 1. The van der Waals surface area contributed by atoms with Crippen molar-refractivity contribution in [3.05, 3.63) is 65.7 Å². The van der Waals surface area contributed by atoms with Crippen molar-refractivity contribution in [2.75, 3.05) is 34.4 Å². The van der Waals surface area contributed by atoms with Gasteiger partial charge in [-0.15, -0.1) is 0 Å². The number of carbonyl (C=O) groups is 2. The van der Waals surface area contributed by atoms with Gasteiger partial charge in [0.2, 0.25) is 0 Å². The van der Waals surface area contributed by atoms with E-state index in [4.69, 9.17) is 19.3 Å². The molecule has 0 radical (unpaired) electrons. The summed E-state index contributed by atoms with van der Waals surface area (Å²) in [5.74, 6) is 1.80. The van der Waals surface area contributed by atoms with E-state index in [1.54, 1.807) is 21.3 Å². The highest BCUT2D eigenvalue weighted by molar-refractivity contribution is 6.10. The maximum Gasteiger partial charge on any atom is 0.258 e. The molecular formula is C31H35N3O5. The van der Waals surface area contributed by atoms with Gasteiger partial charge in [0.25, 0.3) is 5.91 Å². The molecule has 0 aromatic heterocycles. The first kappa shape index (κ1) is 26.5. The average Bonchev–Trinajstić information content (AvgIpc) is 3.25. The summed E-state index contributed by atoms with van der Waals surface area (Å²) in [5, 5.41) is 8.86. The number of piperidine rings is 1. The van der Waals surface area contributed by atoms with Crippen LogP contribution < -0.4 is 14.2 Å². The van der Waals surface area contributed by atoms with E-state index >= 15 is 0 Å². The van der Waals surface area contributed by atoms with E-state index < -0.39 is 11.5 Å². The number of rotatable bonds is 7. The smallest absolute Gasteiger partial charge is 0.258 e. The lowest BCUT2D eigenvalue weighted by atomic mass is 9.78. The van der Waals surface area contributed by atoms with Gasteiger partial charge in [-0.2, -0.15) is 5.10 Å². The molecule has 8 heteroatoms. The molecule has 0 aliphatic carbocycles. The molecule has 5 rings (SSSR count). The number of nitrogens with zero attached hydrogens (tertiary/aromatic N) is 3. The first-order valence-electron chi connectivity index (χ1n) is 13.2. The van der Waals surface area contributed by atoms with Crippen LogP contribution in [0.2, 0.25) is 0 Å². The maximum absolute atomic E-state index is 13.7. The normalized spacial score (nSPS) is 19.1. The molecule has 2 heterocycles. The van der Waals surface area contributed by atoms with Crippen molar-refractivity contribution in [3.8, 4) is 17.2 Å². The monoisotopic (exact) mass is 529 g/mol. The van der Waals surface area contributed by atoms with Gasteiger partial charge in [-0.25, -0.2) is 0 Å². The van der Waals surface area contributed by atoms with Crippen LogP contribution in [0, 0.1) is 5.41 Å². The fraction of sp³-hybridized carbons (Fsp3) is 0.387. The molecule has 2 aliphatic rings. The zero-order valence-corrected chi connectivity index (χ0v) is 23.1. The van der Waals surface area contributed by atoms with Gasteiger partial charge in [0.05, 0.1) is 38.6 Å². The zero-order chi connectivity index (χ0) is 27.7. The van der Waals surface area contributed by atoms with Crippen molar-refractivity contribution in [3.63, 3.8) is 0 Å². The van der Waals surface area contributed by atoms with Crippen LogP contribution in [-0.4, -0.2) is 74.3 Å². The molecule has 1 unspecified atom stereocenters. The second-order valence-corrected chi connectivity index (χ2v) is 10.6. The molecule has 39 heavy (non-hydrogen) atoms. The summed E-state index contributed by atoms with van der Waals surface area (Å²) in [6, 6.07) is 17.0. The fourth-order valence-corrected chi connectivity index (χ4v) is 5.87. The Morgan fingerprint density at radius 1 is 0.923 bits per heavy atom. The van der Waals surface area contributed by atoms with Crippen LogP contribution in [0.4, 0.5) is 0 Å². The first-order chi connectivity index (χ1) is 18.8. The Balaban J connectivity index is 1.38. The van der Waals surface area contributed by atoms with Crippen LogP contribution in [0.5, 0.6) is 17.2 Å². The average molecular weight is 530 g/mol. The van der Waals surface area contributed by atoms with Crippen LogP contribution in [0.3, 0.4) is 0 Å². The van der Waals surface area contributed by atoms with Crippen molar-refractivity contribution in [2.45, 2.75) is 38.8 Å². The number of likely N-dealkylation sites (tertiary alicyclic amines) is 1. The van der Waals surface area contributed by atoms with E-state index in [0.29, 0.717) is 48.7 Å². The maximum atomic E-state index is 13.7. The van der Waals surface area contributed by atoms with Crippen molar-refractivity contribution < 1.29 is 23.8 Å². The zero-order valence-electron chi connectivity index (χ0n) is 23.1. The lowest BCUT2D eigenvalue weighted by Crippen LogP contribution is -2.50. The Morgan fingerprint density at radius 3 is 2.26 bits per heavy atom. The number of hydrogen-bond donors (Lipinski definition) is 0. The number of carbonyl (C=O) groups excluding carboxylic acids is 2. The van der Waals surface area contributed by atoms with Crippen LogP contribution in [0.15, 0.2) is 59.7 Å². The third-order valence-electron chi connectivity index (χ3n) is 8.09. The predicted molar refractivity (Wildman–Crippen MR) is 151 cm³/mol. The summed E-state index contributed by atoms with van der Waals surface area (Å²) >= 11 is 0. The number of methoxy groups -OCH3 is 3. The third-order valence-corrected chi connectivity index (χ3v) is 8.09. The minimum atomic E-state index is -0.509. The van der Waals surface area contributed by atoms with Crippen molar-refractivity contribution in [1.29, 1.82) is 0 Å². The van der Waals surface area contributed by atoms with Gasteiger partial charge >= 0.3 is 0 Å². The summed E-state index contributed by atoms with van der Waals surface area (Å²) in [6.45, 7) is 5.24. The second kappa shape index (κ2) is 10.6. The molecule has 0 N–H and O–H groups in total. The van der Waals surface area contributed by atoms with Crippen molar-refractivity contribution >= 4 is 28.7 Å². The minimum absolute atomic E-state index is 0.0368. The Morgan fingerprint density at radius 2 is 1.59 bits per heavy atom. The summed E-state index contributed by atoms with van der Waals surface area (Å²) < 4.78 is 16.5. The number of aldehydes is 1. The molecular weight excluding hydrogens is 494 g/mol. The van der Waals surface area contributed by atoms with Crippen molar-refractivity contribution in [2.24, 2.45) is 10.5 Å². The molecule has 1 atom stereocenters. The van der Waals surface area contributed by atoms with E-state index in [1.165, 1.54) is 0 Å². The van der Waals surface area contributed by atoms with Crippen LogP contribution >= 0.6 is 0 Å². The number of hydrogen-bond acceptors (Lipinski definition) is 7. The standard InChI is InChI=1S/C31H35N3O5/c1-31(2)27(19-35)34(32-29(31)21-11-12-24(37-3)26(18-21)39-5)22-14-16-33(17-15-22)30(36)28-23-9-7-6-8-20(23)10-13-25(28)38-4/h6-13,18-19,22,27H,14-17H2,1-5H3. The van der Waals surface area contributed by atoms with Crippen LogP contribution in [-0.2, 0) is 4.79 Å². The van der Waals surface area contributed by atoms with E-state index in [0.717, 1.165) is 28.3 Å². The Kier molecular flexibility index (Phi) is 7.21. The summed E-state index contributed by atoms with van der Waals surface area (Å²) in [4.78, 5) is 28.0. The molecule has 204 valence electrons. The summed E-state index contributed by atoms with van der Waals surface area (Å²) in [7, 11) is 4.80. The van der Waals surface area contributed by atoms with E-state index in [1.807, 2.05) is 78.4 Å². The topological polar surface area (TPSA) is 80.7 Å². The van der Waals surface area contributed by atoms with Crippen molar-refractivity contribution in [1.82, 2.24) is 9.91 Å². The van der Waals surface area contributed by atoms with Gasteiger partial charge in [-0.05, 0) is 47.9 Å². The fourth-order valence-electron chi connectivity index (χ4n) is 5.87. The summed E-state index contributed by atoms with van der Waals surface area (Å²) in [5.41, 5.74) is 1.81. The Bertz CT molecular complexity index is 1420. The molecule has 0 spiro atoms. The van der Waals surface area contributed by atoms with E-state index in [9.17, 15) is 9.59 Å². The van der Waals surface area contributed by atoms with Gasteiger partial charge in [-0.1, -0.05) is 44.2 Å². The number of hydrazone groups is 1. The molecule has 3 aromatic carbocycles. The molecule has 1 saturated heterocycles. The SMILES string of the molecule is COc1ccc(C2=NN(C3CCN(C(=O)c4c(OC)ccc5ccccc45)CC3)C(C=O)C2(C)C)cc1OC. The highest BCUT2D eigenvalue weighted by atomic mass is 16.5. The lowest BCUT2D eigenvalue weighted by molar-refractivity contribution is -0.115. The second-order valence-electron chi connectivity index (χ2n) is 10.6. The third kappa shape index (κ3) is 4.58. The number of ether oxygens (including phenoxy) is 3. The largest absolute Gasteiger partial charge is 0.496 e. The molecule has 0 bridgehead atoms. The molecule has 3 aromatic rings. The van der Waals surface area contributed by atoms with E-state index in [2.05, 4.69) is 0 Å². The molecule has 2 aliphatic heterocycles. The Labute approximate surface area is 229 Å². The highest BCUT2D eigenvalue weighted by Crippen LogP contribution is 2.40. The lowest BCUT2D eigenvalue weighted by Gasteiger charge is -2.39. The molecule has 8 nitrogen and oxygen atoms in total. The van der Waals surface area contributed by atoms with Crippen LogP contribution in [0.1, 0.15) is 42.6 Å². The van der Waals surface area contributed by atoms with Gasteiger partial charge < -0.3 is 23.9 Å². The predicted octanol–water partition coefficient (Wildman–Crippen LogP) is 4.78. The van der Waals surface area contributed by atoms with Gasteiger partial charge in [0.1, 0.15) is 18.1 Å². The van der Waals surface area contributed by atoms with E-state index in [-0.39, 0.29) is 11.9 Å². The first-order valence-corrected chi connectivity index (χ1v) is 13.2. The number of fused-ring (bicyclic) bond motifs is 1. The summed E-state index contributed by atoms with van der Waals surface area (Å²) in [6.07, 6.45) is 2.42. The number of benzene rings is 3. The highest BCUT2D eigenvalue weighted by Gasteiger charge is 2.47. The molecule has 1 fully saturated rings.